The zero-order chi connectivity index (χ0) is 35.6. The van der Waals surface area contributed by atoms with Gasteiger partial charge in [-0.3, -0.25) is 0 Å². The molecule has 0 fully saturated rings. The maximum absolute atomic E-state index is 6.29. The van der Waals surface area contributed by atoms with Gasteiger partial charge < -0.3 is 8.83 Å². The molecule has 0 radical (unpaired) electrons. The average molecular weight is 691 g/mol. The van der Waals surface area contributed by atoms with Gasteiger partial charge in [0.1, 0.15) is 22.3 Å². The average Bonchev–Trinajstić information content (AvgIpc) is 3.81. The maximum atomic E-state index is 6.29. The van der Waals surface area contributed by atoms with Gasteiger partial charge in [0, 0.05) is 38.2 Å². The topological polar surface area (TPSA) is 52.1 Å². The highest BCUT2D eigenvalue weighted by atomic mass is 16.3. The van der Waals surface area contributed by atoms with Gasteiger partial charge in [0.15, 0.2) is 5.82 Å². The van der Waals surface area contributed by atoms with Crippen molar-refractivity contribution < 1.29 is 8.83 Å². The molecule has 0 saturated carbocycles. The third kappa shape index (κ3) is 5.15. The quantitative estimate of drug-likeness (QED) is 0.180. The van der Waals surface area contributed by atoms with Crippen molar-refractivity contribution in [1.29, 1.82) is 0 Å². The standard InChI is InChI=1S/C50H30N2O2/c1-2-9-34-26-36(21-20-31(34)8-1)33-18-16-32(17-19-33)35-10-7-11-37(27-35)44-30-45(38-22-24-42-40-12-3-5-14-46(40)53-48(42)28-38)52-50(51-44)39-23-25-43-41-13-4-6-15-47(41)54-49(43)29-39/h1-30H. The molecule has 3 aromatic heterocycles. The monoisotopic (exact) mass is 690 g/mol. The largest absolute Gasteiger partial charge is 0.456 e. The smallest absolute Gasteiger partial charge is 0.160 e. The lowest BCUT2D eigenvalue weighted by molar-refractivity contribution is 0.668. The van der Waals surface area contributed by atoms with Crippen LogP contribution in [-0.4, -0.2) is 9.97 Å². The summed E-state index contributed by atoms with van der Waals surface area (Å²) in [6, 6.07) is 63.4. The zero-order valence-corrected chi connectivity index (χ0v) is 29.0. The number of fused-ring (bicyclic) bond motifs is 7. The molecular formula is C50H30N2O2. The van der Waals surface area contributed by atoms with Crippen LogP contribution in [0.25, 0.3) is 111 Å². The van der Waals surface area contributed by atoms with E-state index < -0.39 is 0 Å². The molecule has 0 amide bonds. The highest BCUT2D eigenvalue weighted by Crippen LogP contribution is 2.36. The minimum absolute atomic E-state index is 0.625. The molecule has 252 valence electrons. The summed E-state index contributed by atoms with van der Waals surface area (Å²) in [6.07, 6.45) is 0. The second-order valence-electron chi connectivity index (χ2n) is 13.8. The molecule has 3 heterocycles. The zero-order valence-electron chi connectivity index (χ0n) is 29.0. The van der Waals surface area contributed by atoms with E-state index in [0.29, 0.717) is 5.82 Å². The first-order valence-corrected chi connectivity index (χ1v) is 18.1. The molecule has 11 aromatic rings. The Kier molecular flexibility index (Phi) is 6.82. The van der Waals surface area contributed by atoms with Crippen molar-refractivity contribution in [2.75, 3.05) is 0 Å². The molecule has 0 aliphatic carbocycles. The van der Waals surface area contributed by atoms with Gasteiger partial charge in [0.2, 0.25) is 0 Å². The van der Waals surface area contributed by atoms with Crippen molar-refractivity contribution in [1.82, 2.24) is 9.97 Å². The first kappa shape index (κ1) is 30.3. The van der Waals surface area contributed by atoms with Crippen molar-refractivity contribution in [3.05, 3.63) is 182 Å². The minimum atomic E-state index is 0.625. The molecule has 54 heavy (non-hydrogen) atoms. The van der Waals surface area contributed by atoms with Crippen LogP contribution < -0.4 is 0 Å². The fraction of sp³-hybridized carbons (Fsp3) is 0. The molecule has 0 spiro atoms. The van der Waals surface area contributed by atoms with Gasteiger partial charge in [-0.25, -0.2) is 9.97 Å². The Hall–Kier alpha value is -7.30. The van der Waals surface area contributed by atoms with Crippen LogP contribution in [0.3, 0.4) is 0 Å². The molecule has 0 aliphatic rings. The number of furan rings is 2. The Balaban J connectivity index is 1.02. The second kappa shape index (κ2) is 12.1. The molecule has 11 rings (SSSR count). The van der Waals surface area contributed by atoms with Gasteiger partial charge in [-0.1, -0.05) is 127 Å². The summed E-state index contributed by atoms with van der Waals surface area (Å²) in [7, 11) is 0. The van der Waals surface area contributed by atoms with Gasteiger partial charge >= 0.3 is 0 Å². The number of hydrogen-bond acceptors (Lipinski definition) is 4. The van der Waals surface area contributed by atoms with Crippen molar-refractivity contribution in [2.45, 2.75) is 0 Å². The molecule has 8 aromatic carbocycles. The number of hydrogen-bond donors (Lipinski definition) is 0. The number of rotatable bonds is 5. The summed E-state index contributed by atoms with van der Waals surface area (Å²) >= 11 is 0. The lowest BCUT2D eigenvalue weighted by Gasteiger charge is -2.11. The normalized spacial score (nSPS) is 11.7. The van der Waals surface area contributed by atoms with E-state index in [-0.39, 0.29) is 0 Å². The van der Waals surface area contributed by atoms with Crippen molar-refractivity contribution in [2.24, 2.45) is 0 Å². The number of para-hydroxylation sites is 2. The Labute approximate surface area is 310 Å². The van der Waals surface area contributed by atoms with Crippen LogP contribution in [0.4, 0.5) is 0 Å². The summed E-state index contributed by atoms with van der Waals surface area (Å²) in [5, 5.41) is 6.83. The van der Waals surface area contributed by atoms with E-state index in [1.54, 1.807) is 0 Å². The Morgan fingerprint density at radius 2 is 0.759 bits per heavy atom. The number of benzene rings is 8. The van der Waals surface area contributed by atoms with Crippen LogP contribution >= 0.6 is 0 Å². The summed E-state index contributed by atoms with van der Waals surface area (Å²) in [4.78, 5) is 10.4. The van der Waals surface area contributed by atoms with Crippen LogP contribution in [0.15, 0.2) is 191 Å². The van der Waals surface area contributed by atoms with Gasteiger partial charge in [0.25, 0.3) is 0 Å². The van der Waals surface area contributed by atoms with Gasteiger partial charge in [-0.2, -0.15) is 0 Å². The third-order valence-electron chi connectivity index (χ3n) is 10.5. The van der Waals surface area contributed by atoms with Gasteiger partial charge in [-0.15, -0.1) is 0 Å². The SMILES string of the molecule is c1cc(-c2ccc(-c3ccc4ccccc4c3)cc2)cc(-c2cc(-c3ccc4c(c3)oc3ccccc34)nc(-c3ccc4c(c3)oc3ccccc34)n2)c1. The van der Waals surface area contributed by atoms with Crippen LogP contribution in [0.5, 0.6) is 0 Å². The second-order valence-corrected chi connectivity index (χ2v) is 13.8. The highest BCUT2D eigenvalue weighted by Gasteiger charge is 2.16. The van der Waals surface area contributed by atoms with E-state index in [4.69, 9.17) is 18.8 Å². The molecule has 4 heteroatoms. The molecule has 0 N–H and O–H groups in total. The molecule has 0 unspecified atom stereocenters. The van der Waals surface area contributed by atoms with Crippen molar-refractivity contribution >= 4 is 54.6 Å². The lowest BCUT2D eigenvalue weighted by atomic mass is 9.97. The van der Waals surface area contributed by atoms with E-state index in [1.165, 1.54) is 21.9 Å². The molecule has 0 atom stereocenters. The highest BCUT2D eigenvalue weighted by molar-refractivity contribution is 6.07. The predicted molar refractivity (Wildman–Crippen MR) is 221 cm³/mol. The fourth-order valence-electron chi connectivity index (χ4n) is 7.70. The molecule has 0 aliphatic heterocycles. The minimum Gasteiger partial charge on any atom is -0.456 e. The third-order valence-corrected chi connectivity index (χ3v) is 10.5. The fourth-order valence-corrected chi connectivity index (χ4v) is 7.70. The summed E-state index contributed by atoms with van der Waals surface area (Å²) in [6.45, 7) is 0. The molecule has 4 nitrogen and oxygen atoms in total. The van der Waals surface area contributed by atoms with E-state index >= 15 is 0 Å². The Morgan fingerprint density at radius 1 is 0.278 bits per heavy atom. The molecular weight excluding hydrogens is 661 g/mol. The summed E-state index contributed by atoms with van der Waals surface area (Å²) in [5.41, 5.74) is 12.5. The van der Waals surface area contributed by atoms with Crippen LogP contribution in [0.1, 0.15) is 0 Å². The van der Waals surface area contributed by atoms with E-state index in [0.717, 1.165) is 83.1 Å². The lowest BCUT2D eigenvalue weighted by Crippen LogP contribution is -1.96. The summed E-state index contributed by atoms with van der Waals surface area (Å²) < 4.78 is 12.6. The molecule has 0 saturated heterocycles. The molecule has 0 bridgehead atoms. The Morgan fingerprint density at radius 3 is 1.44 bits per heavy atom. The predicted octanol–water partition coefficient (Wildman–Crippen LogP) is 13.8. The van der Waals surface area contributed by atoms with Gasteiger partial charge in [-0.05, 0) is 87.6 Å². The van der Waals surface area contributed by atoms with Crippen molar-refractivity contribution in [3.63, 3.8) is 0 Å². The van der Waals surface area contributed by atoms with E-state index in [1.807, 2.05) is 42.5 Å². The van der Waals surface area contributed by atoms with E-state index in [9.17, 15) is 0 Å². The number of nitrogens with zero attached hydrogens (tertiary/aromatic N) is 2. The summed E-state index contributed by atoms with van der Waals surface area (Å²) in [5.74, 6) is 0.625. The Bertz CT molecular complexity index is 3090. The van der Waals surface area contributed by atoms with E-state index in [2.05, 4.69) is 140 Å². The van der Waals surface area contributed by atoms with Crippen LogP contribution in [0, 0.1) is 0 Å². The first-order valence-electron chi connectivity index (χ1n) is 18.1. The van der Waals surface area contributed by atoms with Gasteiger partial charge in [0.05, 0.1) is 11.4 Å². The first-order chi connectivity index (χ1) is 26.7. The maximum Gasteiger partial charge on any atom is 0.160 e. The number of aromatic nitrogens is 2. The van der Waals surface area contributed by atoms with Crippen LogP contribution in [0.2, 0.25) is 0 Å². The van der Waals surface area contributed by atoms with Crippen molar-refractivity contribution in [3.8, 4) is 56.2 Å². The van der Waals surface area contributed by atoms with Crippen LogP contribution in [-0.2, 0) is 0 Å².